The molecule has 0 unspecified atom stereocenters. The van der Waals surface area contributed by atoms with Gasteiger partial charge >= 0.3 is 0 Å². The van der Waals surface area contributed by atoms with Crippen LogP contribution in [0.15, 0.2) is 22.7 Å². The molecule has 1 aromatic rings. The number of carbonyl (C=O) groups is 1. The van der Waals surface area contributed by atoms with Crippen LogP contribution in [0.5, 0.6) is 0 Å². The molecule has 0 saturated heterocycles. The molecule has 98 valence electrons. The number of rotatable bonds is 4. The average molecular weight is 316 g/mol. The minimum atomic E-state index is -0.385. The number of aliphatic hydroxyl groups excluding tert-OH is 1. The normalized spacial score (nSPS) is 15.3. The molecule has 1 amide bonds. The number of halogens is 2. The summed E-state index contributed by atoms with van der Waals surface area (Å²) in [6.45, 7) is 0.281. The molecule has 1 aliphatic carbocycles. The second-order valence-electron chi connectivity index (χ2n) is 4.44. The predicted octanol–water partition coefficient (Wildman–Crippen LogP) is 2.58. The Morgan fingerprint density at radius 2 is 2.22 bits per heavy atom. The fraction of sp³-hybridized carbons (Fsp3) is 0.462. The van der Waals surface area contributed by atoms with Gasteiger partial charge in [-0.3, -0.25) is 4.79 Å². The van der Waals surface area contributed by atoms with Crippen LogP contribution in [0.25, 0.3) is 0 Å². The summed E-state index contributed by atoms with van der Waals surface area (Å²) in [5.41, 5.74) is 0.448. The highest BCUT2D eigenvalue weighted by Gasteiger charge is 2.29. The molecular weight excluding hydrogens is 301 g/mol. The number of amides is 1. The van der Waals surface area contributed by atoms with E-state index in [-0.39, 0.29) is 28.8 Å². The zero-order chi connectivity index (χ0) is 13.1. The van der Waals surface area contributed by atoms with Crippen LogP contribution in [-0.2, 0) is 0 Å². The Morgan fingerprint density at radius 1 is 1.50 bits per heavy atom. The quantitative estimate of drug-likeness (QED) is 0.927. The highest BCUT2D eigenvalue weighted by molar-refractivity contribution is 9.10. The largest absolute Gasteiger partial charge is 0.395 e. The van der Waals surface area contributed by atoms with Crippen LogP contribution in [0.1, 0.15) is 29.6 Å². The van der Waals surface area contributed by atoms with Crippen LogP contribution in [0.2, 0.25) is 0 Å². The lowest BCUT2D eigenvalue weighted by molar-refractivity contribution is 0.0525. The average Bonchev–Trinajstić information content (AvgIpc) is 2.29. The van der Waals surface area contributed by atoms with E-state index in [1.54, 1.807) is 4.90 Å². The maximum atomic E-state index is 13.1. The molecule has 1 aliphatic rings. The number of nitrogens with zero attached hydrogens (tertiary/aromatic N) is 1. The maximum Gasteiger partial charge on any atom is 0.254 e. The van der Waals surface area contributed by atoms with Gasteiger partial charge in [-0.15, -0.1) is 0 Å². The standard InChI is InChI=1S/C13H15BrFNO2/c14-11-8-9(4-5-12(11)15)13(18)16(6-7-17)10-2-1-3-10/h4-5,8,10,17H,1-3,6-7H2. The second-order valence-corrected chi connectivity index (χ2v) is 5.29. The van der Waals surface area contributed by atoms with E-state index in [0.717, 1.165) is 19.3 Å². The fourth-order valence-electron chi connectivity index (χ4n) is 2.05. The van der Waals surface area contributed by atoms with Crippen LogP contribution >= 0.6 is 15.9 Å². The molecule has 0 bridgehead atoms. The summed E-state index contributed by atoms with van der Waals surface area (Å²) >= 11 is 3.08. The summed E-state index contributed by atoms with van der Waals surface area (Å²) in [7, 11) is 0. The number of aliphatic hydroxyl groups is 1. The lowest BCUT2D eigenvalue weighted by atomic mass is 9.91. The first-order valence-corrected chi connectivity index (χ1v) is 6.79. The first kappa shape index (κ1) is 13.5. The highest BCUT2D eigenvalue weighted by atomic mass is 79.9. The Labute approximate surface area is 114 Å². The van der Waals surface area contributed by atoms with Gasteiger partial charge in [0.1, 0.15) is 5.82 Å². The zero-order valence-electron chi connectivity index (χ0n) is 9.90. The Balaban J connectivity index is 2.18. The summed E-state index contributed by atoms with van der Waals surface area (Å²) in [4.78, 5) is 14.0. The van der Waals surface area contributed by atoms with Crippen molar-refractivity contribution in [1.29, 1.82) is 0 Å². The third-order valence-corrected chi connectivity index (χ3v) is 3.89. The lowest BCUT2D eigenvalue weighted by Gasteiger charge is -2.37. The molecular formula is C13H15BrFNO2. The minimum Gasteiger partial charge on any atom is -0.395 e. The van der Waals surface area contributed by atoms with Gasteiger partial charge in [-0.25, -0.2) is 4.39 Å². The smallest absolute Gasteiger partial charge is 0.254 e. The monoisotopic (exact) mass is 315 g/mol. The first-order valence-electron chi connectivity index (χ1n) is 6.00. The van der Waals surface area contributed by atoms with Crippen LogP contribution < -0.4 is 0 Å². The van der Waals surface area contributed by atoms with E-state index in [0.29, 0.717) is 12.1 Å². The van der Waals surface area contributed by atoms with E-state index in [4.69, 9.17) is 5.11 Å². The van der Waals surface area contributed by atoms with Crippen molar-refractivity contribution in [2.45, 2.75) is 25.3 Å². The summed E-state index contributed by atoms with van der Waals surface area (Å²) in [6, 6.07) is 4.45. The molecule has 3 nitrogen and oxygen atoms in total. The molecule has 0 spiro atoms. The highest BCUT2D eigenvalue weighted by Crippen LogP contribution is 2.27. The summed E-state index contributed by atoms with van der Waals surface area (Å²) in [5, 5.41) is 9.04. The van der Waals surface area contributed by atoms with Crippen LogP contribution in [0, 0.1) is 5.82 Å². The Morgan fingerprint density at radius 3 is 2.72 bits per heavy atom. The van der Waals surface area contributed by atoms with E-state index in [2.05, 4.69) is 15.9 Å². The van der Waals surface area contributed by atoms with E-state index in [9.17, 15) is 9.18 Å². The van der Waals surface area contributed by atoms with Crippen molar-refractivity contribution < 1.29 is 14.3 Å². The number of hydrogen-bond acceptors (Lipinski definition) is 2. The second kappa shape index (κ2) is 5.80. The molecule has 0 heterocycles. The van der Waals surface area contributed by atoms with Gasteiger partial charge in [-0.1, -0.05) is 0 Å². The van der Waals surface area contributed by atoms with Crippen molar-refractivity contribution in [3.63, 3.8) is 0 Å². The number of hydrogen-bond donors (Lipinski definition) is 1. The third-order valence-electron chi connectivity index (χ3n) is 3.28. The van der Waals surface area contributed by atoms with Crippen LogP contribution in [-0.4, -0.2) is 35.1 Å². The molecule has 1 N–H and O–H groups in total. The van der Waals surface area contributed by atoms with Crippen molar-refractivity contribution in [2.75, 3.05) is 13.2 Å². The Bertz CT molecular complexity index is 449. The van der Waals surface area contributed by atoms with Crippen LogP contribution in [0.4, 0.5) is 4.39 Å². The first-order chi connectivity index (χ1) is 8.63. The van der Waals surface area contributed by atoms with Gasteiger partial charge < -0.3 is 10.0 Å². The van der Waals surface area contributed by atoms with E-state index < -0.39 is 0 Å². The number of carbonyl (C=O) groups excluding carboxylic acids is 1. The van der Waals surface area contributed by atoms with Crippen molar-refractivity contribution in [3.8, 4) is 0 Å². The topological polar surface area (TPSA) is 40.5 Å². The van der Waals surface area contributed by atoms with E-state index >= 15 is 0 Å². The predicted molar refractivity (Wildman–Crippen MR) is 69.9 cm³/mol. The molecule has 0 aliphatic heterocycles. The van der Waals surface area contributed by atoms with E-state index in [1.807, 2.05) is 0 Å². The minimum absolute atomic E-state index is 0.0510. The van der Waals surface area contributed by atoms with Gasteiger partial charge in [0.15, 0.2) is 0 Å². The Hall–Kier alpha value is -0.940. The Kier molecular flexibility index (Phi) is 4.35. The fourth-order valence-corrected chi connectivity index (χ4v) is 2.43. The SMILES string of the molecule is O=C(c1ccc(F)c(Br)c1)N(CCO)C1CCC1. The van der Waals surface area contributed by atoms with Crippen molar-refractivity contribution in [2.24, 2.45) is 0 Å². The van der Waals surface area contributed by atoms with Gasteiger partial charge in [-0.2, -0.15) is 0 Å². The summed E-state index contributed by atoms with van der Waals surface area (Å²) in [5.74, 6) is -0.529. The third kappa shape index (κ3) is 2.72. The molecule has 0 radical (unpaired) electrons. The van der Waals surface area contributed by atoms with Gasteiger partial charge in [0.05, 0.1) is 11.1 Å². The molecule has 1 aromatic carbocycles. The molecule has 2 rings (SSSR count). The molecule has 5 heteroatoms. The van der Waals surface area contributed by atoms with E-state index in [1.165, 1.54) is 18.2 Å². The lowest BCUT2D eigenvalue weighted by Crippen LogP contribution is -2.45. The van der Waals surface area contributed by atoms with Gasteiger partial charge in [-0.05, 0) is 53.4 Å². The molecule has 0 atom stereocenters. The molecule has 1 saturated carbocycles. The van der Waals surface area contributed by atoms with Crippen molar-refractivity contribution >= 4 is 21.8 Å². The van der Waals surface area contributed by atoms with Gasteiger partial charge in [0, 0.05) is 18.2 Å². The van der Waals surface area contributed by atoms with Gasteiger partial charge in [0.2, 0.25) is 0 Å². The molecule has 1 fully saturated rings. The van der Waals surface area contributed by atoms with Crippen molar-refractivity contribution in [1.82, 2.24) is 4.90 Å². The summed E-state index contributed by atoms with van der Waals surface area (Å²) < 4.78 is 13.4. The molecule has 18 heavy (non-hydrogen) atoms. The zero-order valence-corrected chi connectivity index (χ0v) is 11.5. The van der Waals surface area contributed by atoms with Crippen molar-refractivity contribution in [3.05, 3.63) is 34.1 Å². The van der Waals surface area contributed by atoms with Crippen LogP contribution in [0.3, 0.4) is 0 Å². The number of benzene rings is 1. The summed E-state index contributed by atoms with van der Waals surface area (Å²) in [6.07, 6.45) is 3.08. The maximum absolute atomic E-state index is 13.1. The van der Waals surface area contributed by atoms with Gasteiger partial charge in [0.25, 0.3) is 5.91 Å². The molecule has 0 aromatic heterocycles.